The van der Waals surface area contributed by atoms with Gasteiger partial charge in [0, 0.05) is 22.0 Å². The van der Waals surface area contributed by atoms with Gasteiger partial charge < -0.3 is 29.3 Å². The monoisotopic (exact) mass is 782 g/mol. The molecule has 0 heterocycles. The van der Waals surface area contributed by atoms with Crippen LogP contribution >= 0.6 is 0 Å². The minimum absolute atomic E-state index is 0. The maximum atomic E-state index is 13.5. The summed E-state index contributed by atoms with van der Waals surface area (Å²) in [5, 5.41) is 23.6. The molecule has 10 heteroatoms. The Hall–Kier alpha value is -1.94. The van der Waals surface area contributed by atoms with Crippen LogP contribution in [0.25, 0.3) is 0 Å². The molecule has 56 heavy (non-hydrogen) atoms. The van der Waals surface area contributed by atoms with Gasteiger partial charge in [-0.3, -0.25) is 0 Å². The Kier molecular flexibility index (Phi) is 13.1. The molecule has 5 aliphatic carbocycles. The van der Waals surface area contributed by atoms with Gasteiger partial charge in [0.1, 0.15) is 6.10 Å². The van der Waals surface area contributed by atoms with E-state index in [1.165, 1.54) is 29.8 Å². The van der Waals surface area contributed by atoms with Crippen molar-refractivity contribution in [2.75, 3.05) is 6.61 Å². The summed E-state index contributed by atoms with van der Waals surface area (Å²) >= 11 is 0. The van der Waals surface area contributed by atoms with Crippen LogP contribution in [0, 0.1) is 56.7 Å². The van der Waals surface area contributed by atoms with Gasteiger partial charge in [0.2, 0.25) is 0 Å². The SMILES string of the molecule is C=C(C)C1CCC2(COC(=O)c3ccccc3C(=O)[O-])CC[C@]3(C)C(CCC4[C@@]5(C)CCC(OC(=O)c6ccccc6C(=O)[O-])C(C)(C)C5CC[C@]43C)C12.[Na+].[Na+]. The van der Waals surface area contributed by atoms with E-state index in [4.69, 9.17) is 9.47 Å². The van der Waals surface area contributed by atoms with Crippen molar-refractivity contribution in [2.24, 2.45) is 56.7 Å². The maximum Gasteiger partial charge on any atom is 1.00 e. The molecule has 0 amide bonds. The van der Waals surface area contributed by atoms with Crippen LogP contribution in [0.2, 0.25) is 0 Å². The number of carbonyl (C=O) groups is 4. The summed E-state index contributed by atoms with van der Waals surface area (Å²) in [7, 11) is 0. The second-order valence-corrected chi connectivity index (χ2v) is 19.0. The normalized spacial score (nSPS) is 36.4. The van der Waals surface area contributed by atoms with E-state index in [2.05, 4.69) is 48.1 Å². The molecule has 0 aromatic heterocycles. The van der Waals surface area contributed by atoms with Gasteiger partial charge in [-0.15, -0.1) is 0 Å². The first kappa shape index (κ1) is 45.1. The zero-order valence-corrected chi connectivity index (χ0v) is 38.8. The van der Waals surface area contributed by atoms with Crippen LogP contribution in [-0.4, -0.2) is 36.6 Å². The van der Waals surface area contributed by atoms with Crippen LogP contribution in [0.3, 0.4) is 0 Å². The Morgan fingerprint density at radius 3 is 1.82 bits per heavy atom. The third-order valence-corrected chi connectivity index (χ3v) is 16.7. The molecular formula is C46H56Na2O8. The topological polar surface area (TPSA) is 133 Å². The number of aromatic carboxylic acids is 2. The maximum absolute atomic E-state index is 13.5. The quantitative estimate of drug-likeness (QED) is 0.224. The summed E-state index contributed by atoms with van der Waals surface area (Å²) in [6.07, 6.45) is 9.60. The number of fused-ring (bicyclic) bond motifs is 7. The van der Waals surface area contributed by atoms with Crippen LogP contribution in [0.5, 0.6) is 0 Å². The van der Waals surface area contributed by atoms with Crippen molar-refractivity contribution < 1.29 is 98.0 Å². The second-order valence-electron chi connectivity index (χ2n) is 19.0. The molecule has 0 radical (unpaired) electrons. The molecule has 5 fully saturated rings. The summed E-state index contributed by atoms with van der Waals surface area (Å²) < 4.78 is 12.3. The number of rotatable bonds is 8. The van der Waals surface area contributed by atoms with Gasteiger partial charge in [-0.25, -0.2) is 9.59 Å². The second kappa shape index (κ2) is 16.3. The number of hydrogen-bond acceptors (Lipinski definition) is 8. The van der Waals surface area contributed by atoms with E-state index in [-0.39, 0.29) is 121 Å². The van der Waals surface area contributed by atoms with Crippen LogP contribution in [-0.2, 0) is 9.47 Å². The number of carboxylic acids is 2. The molecule has 0 spiro atoms. The van der Waals surface area contributed by atoms with E-state index in [0.29, 0.717) is 29.6 Å². The van der Waals surface area contributed by atoms with Crippen LogP contribution in [0.1, 0.15) is 147 Å². The first-order chi connectivity index (χ1) is 25.4. The minimum Gasteiger partial charge on any atom is -0.545 e. The van der Waals surface area contributed by atoms with E-state index in [9.17, 15) is 29.4 Å². The van der Waals surface area contributed by atoms with Crippen molar-refractivity contribution in [3.8, 4) is 0 Å². The van der Waals surface area contributed by atoms with Crippen molar-refractivity contribution >= 4 is 23.9 Å². The molecule has 0 aliphatic heterocycles. The molecule has 7 unspecified atom stereocenters. The van der Waals surface area contributed by atoms with Crippen molar-refractivity contribution in [3.63, 3.8) is 0 Å². The predicted octanol–water partition coefficient (Wildman–Crippen LogP) is 1.46. The van der Waals surface area contributed by atoms with Gasteiger partial charge in [0.25, 0.3) is 0 Å². The van der Waals surface area contributed by atoms with E-state index >= 15 is 0 Å². The molecule has 5 saturated carbocycles. The molecule has 10 atom stereocenters. The predicted molar refractivity (Wildman–Crippen MR) is 200 cm³/mol. The molecule has 7 rings (SSSR count). The van der Waals surface area contributed by atoms with Gasteiger partial charge in [-0.1, -0.05) is 83.2 Å². The Balaban J connectivity index is 0.00000300. The molecule has 0 N–H and O–H groups in total. The summed E-state index contributed by atoms with van der Waals surface area (Å²) in [5.41, 5.74) is 0.644. The summed E-state index contributed by atoms with van der Waals surface area (Å²) in [5.74, 6) is -2.10. The van der Waals surface area contributed by atoms with Gasteiger partial charge in [0.05, 0.1) is 29.7 Å². The molecule has 0 bridgehead atoms. The number of allylic oxidation sites excluding steroid dienone is 1. The number of esters is 2. The van der Waals surface area contributed by atoms with Gasteiger partial charge in [0.15, 0.2) is 0 Å². The summed E-state index contributed by atoms with van der Waals surface area (Å²) in [4.78, 5) is 50.5. The number of benzene rings is 2. The average Bonchev–Trinajstić information content (AvgIpc) is 3.52. The molecule has 5 aliphatic rings. The van der Waals surface area contributed by atoms with Crippen LogP contribution in [0.15, 0.2) is 60.7 Å². The minimum atomic E-state index is -1.39. The third-order valence-electron chi connectivity index (χ3n) is 16.7. The zero-order chi connectivity index (χ0) is 39.0. The number of hydrogen-bond donors (Lipinski definition) is 0. The number of carbonyl (C=O) groups excluding carboxylic acids is 4. The fraction of sp³-hybridized carbons (Fsp3) is 0.609. The molecule has 2 aromatic carbocycles. The summed E-state index contributed by atoms with van der Waals surface area (Å²) in [6, 6.07) is 12.2. The molecule has 0 saturated heterocycles. The largest absolute Gasteiger partial charge is 1.00 e. The standard InChI is InChI=1S/C46H58O8.2Na/c1-27(2)28-18-23-46(26-53-40(51)31-14-10-8-12-29(31)38(47)48)25-24-44(6)33(37(28)46)16-17-35-43(5)21-20-36(42(3,4)34(43)19-22-45(35,44)7)54-41(52)32-15-11-9-13-30(32)39(49)50;;/h8-15,28,33-37H,1,16-26H2,2-7H3,(H,47,48)(H,49,50);;/q;2*+1/p-2/t28?,33?,34?,35?,36?,37?,43-,44+,45+,46?;;/m0../s1. The number of carboxylic acid groups (broad SMARTS) is 2. The summed E-state index contributed by atoms with van der Waals surface area (Å²) in [6.45, 7) is 19.0. The Morgan fingerprint density at radius 1 is 0.679 bits per heavy atom. The molecule has 2 aromatic rings. The van der Waals surface area contributed by atoms with Crippen molar-refractivity contribution in [2.45, 2.75) is 112 Å². The van der Waals surface area contributed by atoms with Crippen LogP contribution < -0.4 is 69.3 Å². The fourth-order valence-electron chi connectivity index (χ4n) is 13.9. The molecule has 290 valence electrons. The average molecular weight is 783 g/mol. The third kappa shape index (κ3) is 7.02. The van der Waals surface area contributed by atoms with Crippen LogP contribution in [0.4, 0.5) is 0 Å². The van der Waals surface area contributed by atoms with E-state index < -0.39 is 23.9 Å². The van der Waals surface area contributed by atoms with Crippen molar-refractivity contribution in [1.82, 2.24) is 0 Å². The van der Waals surface area contributed by atoms with Crippen molar-refractivity contribution in [1.29, 1.82) is 0 Å². The van der Waals surface area contributed by atoms with E-state index in [0.717, 1.165) is 64.2 Å². The van der Waals surface area contributed by atoms with Gasteiger partial charge in [-0.2, -0.15) is 0 Å². The number of ether oxygens (including phenoxy) is 2. The van der Waals surface area contributed by atoms with Gasteiger partial charge >= 0.3 is 71.1 Å². The first-order valence-electron chi connectivity index (χ1n) is 20.1. The Morgan fingerprint density at radius 2 is 1.25 bits per heavy atom. The van der Waals surface area contributed by atoms with E-state index in [1.807, 2.05) is 0 Å². The molecular weight excluding hydrogens is 726 g/mol. The van der Waals surface area contributed by atoms with Crippen molar-refractivity contribution in [3.05, 3.63) is 82.9 Å². The Labute approximate surface area is 376 Å². The van der Waals surface area contributed by atoms with E-state index in [1.54, 1.807) is 24.3 Å². The Bertz CT molecular complexity index is 1890. The zero-order valence-electron chi connectivity index (χ0n) is 34.8. The smallest absolute Gasteiger partial charge is 0.545 e. The first-order valence-corrected chi connectivity index (χ1v) is 20.1. The fourth-order valence-corrected chi connectivity index (χ4v) is 13.9. The van der Waals surface area contributed by atoms with Gasteiger partial charge in [-0.05, 0) is 129 Å². The molecule has 8 nitrogen and oxygen atoms in total.